The first-order valence-corrected chi connectivity index (χ1v) is 6.16. The first kappa shape index (κ1) is 13.1. The number of hydrogen-bond acceptors (Lipinski definition) is 4. The molecule has 0 fully saturated rings. The van der Waals surface area contributed by atoms with Crippen LogP contribution in [0.25, 0.3) is 0 Å². The average Bonchev–Trinajstić information content (AvgIpc) is 2.30. The highest BCUT2D eigenvalue weighted by atomic mass is 32.2. The van der Waals surface area contributed by atoms with E-state index in [1.54, 1.807) is 18.2 Å². The second kappa shape index (κ2) is 6.57. The maximum atomic E-state index is 11.6. The van der Waals surface area contributed by atoms with Crippen LogP contribution < -0.4 is 0 Å². The van der Waals surface area contributed by atoms with E-state index in [1.165, 1.54) is 12.1 Å². The molecule has 4 nitrogen and oxygen atoms in total. The van der Waals surface area contributed by atoms with Crippen molar-refractivity contribution in [1.29, 1.82) is 0 Å². The van der Waals surface area contributed by atoms with Crippen LogP contribution in [0.2, 0.25) is 0 Å². The fourth-order valence-electron chi connectivity index (χ4n) is 1.01. The van der Waals surface area contributed by atoms with Crippen LogP contribution in [-0.2, 0) is 19.0 Å². The fraction of sp³-hybridized carbons (Fsp3) is 0.400. The highest BCUT2D eigenvalue weighted by molar-refractivity contribution is 7.86. The lowest BCUT2D eigenvalue weighted by Crippen LogP contribution is -2.12. The van der Waals surface area contributed by atoms with Gasteiger partial charge in [-0.25, -0.2) is 4.39 Å². The molecule has 0 N–H and O–H groups in total. The van der Waals surface area contributed by atoms with Crippen LogP contribution in [0.1, 0.15) is 0 Å². The summed E-state index contributed by atoms with van der Waals surface area (Å²) in [5.41, 5.74) is 0. The van der Waals surface area contributed by atoms with Gasteiger partial charge in [0.15, 0.2) is 0 Å². The minimum atomic E-state index is -3.72. The standard InChI is InChI=1S/C10H13FO4S/c11-6-7-14-8-9-15-16(12,13)10-4-2-1-3-5-10/h1-5H,6-9H2. The molecule has 6 heteroatoms. The molecular formula is C10H13FO4S. The summed E-state index contributed by atoms with van der Waals surface area (Å²) in [7, 11) is -3.72. The van der Waals surface area contributed by atoms with Gasteiger partial charge in [-0.3, -0.25) is 4.18 Å². The van der Waals surface area contributed by atoms with Crippen LogP contribution in [0, 0.1) is 0 Å². The van der Waals surface area contributed by atoms with Crippen LogP contribution in [0.4, 0.5) is 4.39 Å². The molecule has 0 atom stereocenters. The molecular weight excluding hydrogens is 235 g/mol. The number of alkyl halides is 1. The van der Waals surface area contributed by atoms with E-state index in [0.717, 1.165) is 0 Å². The van der Waals surface area contributed by atoms with Crippen LogP contribution in [0.15, 0.2) is 35.2 Å². The molecule has 0 heterocycles. The topological polar surface area (TPSA) is 52.6 Å². The molecule has 0 aliphatic heterocycles. The van der Waals surface area contributed by atoms with Crippen molar-refractivity contribution in [2.45, 2.75) is 4.90 Å². The number of rotatable bonds is 7. The SMILES string of the molecule is O=S(=O)(OCCOCCF)c1ccccc1. The fourth-order valence-corrected chi connectivity index (χ4v) is 1.93. The third-order valence-corrected chi connectivity index (χ3v) is 3.05. The van der Waals surface area contributed by atoms with E-state index in [9.17, 15) is 12.8 Å². The first-order valence-electron chi connectivity index (χ1n) is 4.75. The average molecular weight is 248 g/mol. The van der Waals surface area contributed by atoms with Crippen molar-refractivity contribution in [3.05, 3.63) is 30.3 Å². The van der Waals surface area contributed by atoms with Gasteiger partial charge in [0.1, 0.15) is 6.67 Å². The van der Waals surface area contributed by atoms with Gasteiger partial charge in [-0.15, -0.1) is 0 Å². The molecule has 0 spiro atoms. The normalized spacial score (nSPS) is 11.6. The molecule has 1 aromatic carbocycles. The summed E-state index contributed by atoms with van der Waals surface area (Å²) in [6.07, 6.45) is 0. The summed E-state index contributed by atoms with van der Waals surface area (Å²) in [6, 6.07) is 7.81. The van der Waals surface area contributed by atoms with Gasteiger partial charge in [0.25, 0.3) is 10.1 Å². The van der Waals surface area contributed by atoms with Crippen LogP contribution in [-0.4, -0.2) is 34.9 Å². The van der Waals surface area contributed by atoms with Crippen molar-refractivity contribution in [3.8, 4) is 0 Å². The van der Waals surface area contributed by atoms with Gasteiger partial charge in [0.05, 0.1) is 24.7 Å². The molecule has 1 rings (SSSR count). The van der Waals surface area contributed by atoms with Crippen molar-refractivity contribution < 1.29 is 21.7 Å². The molecule has 1 aromatic rings. The Morgan fingerprint density at radius 3 is 2.38 bits per heavy atom. The third kappa shape index (κ3) is 4.26. The van der Waals surface area contributed by atoms with E-state index in [0.29, 0.717) is 0 Å². The zero-order valence-electron chi connectivity index (χ0n) is 8.63. The Morgan fingerprint density at radius 1 is 1.06 bits per heavy atom. The molecule has 16 heavy (non-hydrogen) atoms. The highest BCUT2D eigenvalue weighted by Gasteiger charge is 2.13. The minimum Gasteiger partial charge on any atom is -0.376 e. The van der Waals surface area contributed by atoms with E-state index in [2.05, 4.69) is 4.18 Å². The summed E-state index contributed by atoms with van der Waals surface area (Å²) in [6.45, 7) is -0.701. The van der Waals surface area contributed by atoms with Crippen LogP contribution in [0.3, 0.4) is 0 Å². The summed E-state index contributed by atoms with van der Waals surface area (Å²) < 4.78 is 44.1. The Bertz CT molecular complexity index is 391. The second-order valence-corrected chi connectivity index (χ2v) is 4.51. The van der Waals surface area contributed by atoms with E-state index in [4.69, 9.17) is 4.74 Å². The predicted molar refractivity (Wildman–Crippen MR) is 56.4 cm³/mol. The van der Waals surface area contributed by atoms with Gasteiger partial charge >= 0.3 is 0 Å². The molecule has 0 aliphatic carbocycles. The number of hydrogen-bond donors (Lipinski definition) is 0. The second-order valence-electron chi connectivity index (χ2n) is 2.89. The Morgan fingerprint density at radius 2 is 1.75 bits per heavy atom. The van der Waals surface area contributed by atoms with Gasteiger partial charge in [0, 0.05) is 0 Å². The van der Waals surface area contributed by atoms with E-state index < -0.39 is 16.8 Å². The molecule has 0 bridgehead atoms. The van der Waals surface area contributed by atoms with Crippen LogP contribution in [0.5, 0.6) is 0 Å². The molecule has 0 aliphatic rings. The lowest BCUT2D eigenvalue weighted by atomic mass is 10.4. The maximum absolute atomic E-state index is 11.6. The zero-order valence-corrected chi connectivity index (χ0v) is 9.45. The van der Waals surface area contributed by atoms with Crippen molar-refractivity contribution in [1.82, 2.24) is 0 Å². The van der Waals surface area contributed by atoms with E-state index in [-0.39, 0.29) is 24.7 Å². The van der Waals surface area contributed by atoms with Gasteiger partial charge in [-0.05, 0) is 12.1 Å². The van der Waals surface area contributed by atoms with Gasteiger partial charge in [-0.1, -0.05) is 18.2 Å². The van der Waals surface area contributed by atoms with Gasteiger partial charge in [0.2, 0.25) is 0 Å². The van der Waals surface area contributed by atoms with Crippen molar-refractivity contribution in [3.63, 3.8) is 0 Å². The molecule has 0 amide bonds. The monoisotopic (exact) mass is 248 g/mol. The molecule has 0 unspecified atom stereocenters. The largest absolute Gasteiger partial charge is 0.376 e. The Hall–Kier alpha value is -0.980. The maximum Gasteiger partial charge on any atom is 0.297 e. The molecule has 90 valence electrons. The third-order valence-electron chi connectivity index (χ3n) is 1.72. The Labute approximate surface area is 94.1 Å². The Balaban J connectivity index is 2.41. The molecule has 0 aromatic heterocycles. The smallest absolute Gasteiger partial charge is 0.297 e. The van der Waals surface area contributed by atoms with E-state index >= 15 is 0 Å². The quantitative estimate of drug-likeness (QED) is 0.540. The minimum absolute atomic E-state index is 0.0469. The zero-order chi connectivity index (χ0) is 11.9. The van der Waals surface area contributed by atoms with E-state index in [1.807, 2.05) is 0 Å². The number of halogens is 1. The summed E-state index contributed by atoms with van der Waals surface area (Å²) in [4.78, 5) is 0.0977. The van der Waals surface area contributed by atoms with Gasteiger partial charge < -0.3 is 4.74 Å². The van der Waals surface area contributed by atoms with Crippen molar-refractivity contribution >= 4 is 10.1 Å². The number of benzene rings is 1. The molecule has 0 radical (unpaired) electrons. The predicted octanol–water partition coefficient (Wildman–Crippen LogP) is 1.38. The number of ether oxygens (including phenoxy) is 1. The Kier molecular flexibility index (Phi) is 5.37. The first-order chi connectivity index (χ1) is 7.67. The summed E-state index contributed by atoms with van der Waals surface area (Å²) in [5.74, 6) is 0. The van der Waals surface area contributed by atoms with Crippen LogP contribution >= 0.6 is 0 Å². The van der Waals surface area contributed by atoms with Gasteiger partial charge in [-0.2, -0.15) is 8.42 Å². The lowest BCUT2D eigenvalue weighted by Gasteiger charge is -2.05. The summed E-state index contributed by atoms with van der Waals surface area (Å²) >= 11 is 0. The highest BCUT2D eigenvalue weighted by Crippen LogP contribution is 2.10. The molecule has 0 saturated heterocycles. The molecule has 0 saturated carbocycles. The lowest BCUT2D eigenvalue weighted by molar-refractivity contribution is 0.0914. The van der Waals surface area contributed by atoms with Crippen molar-refractivity contribution in [2.24, 2.45) is 0 Å². The summed E-state index contributed by atoms with van der Waals surface area (Å²) in [5, 5.41) is 0. The van der Waals surface area contributed by atoms with Crippen molar-refractivity contribution in [2.75, 3.05) is 26.5 Å².